The van der Waals surface area contributed by atoms with Gasteiger partial charge in [-0.15, -0.1) is 0 Å². The van der Waals surface area contributed by atoms with Crippen molar-refractivity contribution < 1.29 is 4.39 Å². The first-order valence-electron chi connectivity index (χ1n) is 6.45. The highest BCUT2D eigenvalue weighted by atomic mass is 35.5. The highest BCUT2D eigenvalue weighted by Gasteiger charge is 2.14. The van der Waals surface area contributed by atoms with E-state index in [1.807, 2.05) is 0 Å². The lowest BCUT2D eigenvalue weighted by Crippen LogP contribution is -2.37. The number of imidazole rings is 1. The predicted octanol–water partition coefficient (Wildman–Crippen LogP) is 1.27. The Balaban J connectivity index is 2.18. The third-order valence-corrected chi connectivity index (χ3v) is 3.84. The molecule has 0 fully saturated rings. The van der Waals surface area contributed by atoms with Gasteiger partial charge < -0.3 is 4.57 Å². The highest BCUT2D eigenvalue weighted by molar-refractivity contribution is 6.30. The lowest BCUT2D eigenvalue weighted by molar-refractivity contribution is 0.627. The van der Waals surface area contributed by atoms with E-state index in [0.29, 0.717) is 17.7 Å². The molecule has 114 valence electrons. The summed E-state index contributed by atoms with van der Waals surface area (Å²) in [6.07, 6.45) is 1.47. The van der Waals surface area contributed by atoms with E-state index in [1.54, 1.807) is 17.7 Å². The minimum absolute atomic E-state index is 0.0159. The van der Waals surface area contributed by atoms with Gasteiger partial charge in [-0.25, -0.2) is 14.2 Å². The van der Waals surface area contributed by atoms with E-state index in [-0.39, 0.29) is 5.02 Å². The highest BCUT2D eigenvalue weighted by Crippen LogP contribution is 2.17. The van der Waals surface area contributed by atoms with Gasteiger partial charge in [0.05, 0.1) is 11.3 Å². The second kappa shape index (κ2) is 5.10. The molecule has 0 radical (unpaired) electrons. The molecule has 8 heteroatoms. The molecule has 0 aliphatic carbocycles. The maximum atomic E-state index is 13.2. The SMILES string of the molecule is Cn1c(=O)c2c(ncn2Cc2ccc(F)c(Cl)c2)n(C)c1=O. The van der Waals surface area contributed by atoms with Crippen molar-refractivity contribution in [3.8, 4) is 0 Å². The van der Waals surface area contributed by atoms with Gasteiger partial charge in [-0.2, -0.15) is 0 Å². The third-order valence-electron chi connectivity index (χ3n) is 3.55. The van der Waals surface area contributed by atoms with Crippen molar-refractivity contribution in [2.75, 3.05) is 0 Å². The number of hydrogen-bond donors (Lipinski definition) is 0. The molecule has 3 rings (SSSR count). The third kappa shape index (κ3) is 2.14. The normalized spacial score (nSPS) is 11.3. The van der Waals surface area contributed by atoms with E-state index < -0.39 is 17.1 Å². The van der Waals surface area contributed by atoms with E-state index in [1.165, 1.54) is 30.1 Å². The van der Waals surface area contributed by atoms with Gasteiger partial charge in [0.15, 0.2) is 11.2 Å². The summed E-state index contributed by atoms with van der Waals surface area (Å²) < 4.78 is 17.2. The molecule has 0 N–H and O–H groups in total. The van der Waals surface area contributed by atoms with Gasteiger partial charge in [-0.3, -0.25) is 13.9 Å². The Labute approximate surface area is 129 Å². The minimum Gasteiger partial charge on any atom is -0.320 e. The van der Waals surface area contributed by atoms with Gasteiger partial charge in [-0.05, 0) is 17.7 Å². The van der Waals surface area contributed by atoms with Crippen LogP contribution >= 0.6 is 11.6 Å². The molecule has 0 saturated heterocycles. The smallest absolute Gasteiger partial charge is 0.320 e. The fourth-order valence-electron chi connectivity index (χ4n) is 2.35. The van der Waals surface area contributed by atoms with Crippen LogP contribution in [-0.4, -0.2) is 18.7 Å². The molecule has 0 unspecified atom stereocenters. The fraction of sp³-hybridized carbons (Fsp3) is 0.214. The Hall–Kier alpha value is -2.41. The first-order chi connectivity index (χ1) is 10.4. The number of hydrogen-bond acceptors (Lipinski definition) is 3. The monoisotopic (exact) mass is 322 g/mol. The fourth-order valence-corrected chi connectivity index (χ4v) is 2.55. The average molecular weight is 323 g/mol. The lowest BCUT2D eigenvalue weighted by atomic mass is 10.2. The minimum atomic E-state index is -0.501. The quantitative estimate of drug-likeness (QED) is 0.714. The van der Waals surface area contributed by atoms with Crippen LogP contribution in [0, 0.1) is 5.82 Å². The number of aromatic nitrogens is 4. The van der Waals surface area contributed by atoms with Crippen LogP contribution in [0.25, 0.3) is 11.2 Å². The molecule has 0 spiro atoms. The molecule has 3 aromatic rings. The summed E-state index contributed by atoms with van der Waals surface area (Å²) in [6.45, 7) is 0.296. The van der Waals surface area contributed by atoms with Crippen molar-refractivity contribution in [1.29, 1.82) is 0 Å². The van der Waals surface area contributed by atoms with Crippen LogP contribution in [0.1, 0.15) is 5.56 Å². The Morgan fingerprint density at radius 3 is 2.64 bits per heavy atom. The first-order valence-corrected chi connectivity index (χ1v) is 6.82. The maximum Gasteiger partial charge on any atom is 0.332 e. The van der Waals surface area contributed by atoms with E-state index in [2.05, 4.69) is 4.98 Å². The zero-order valence-electron chi connectivity index (χ0n) is 11.9. The number of halogens is 2. The van der Waals surface area contributed by atoms with Gasteiger partial charge in [0.2, 0.25) is 0 Å². The van der Waals surface area contributed by atoms with Crippen molar-refractivity contribution in [2.24, 2.45) is 14.1 Å². The Morgan fingerprint density at radius 2 is 1.95 bits per heavy atom. The number of benzene rings is 1. The van der Waals surface area contributed by atoms with Gasteiger partial charge in [0.25, 0.3) is 5.56 Å². The van der Waals surface area contributed by atoms with Gasteiger partial charge in [-0.1, -0.05) is 17.7 Å². The van der Waals surface area contributed by atoms with Crippen molar-refractivity contribution in [2.45, 2.75) is 6.54 Å². The second-order valence-corrected chi connectivity index (χ2v) is 5.41. The van der Waals surface area contributed by atoms with Crippen LogP contribution in [0.4, 0.5) is 4.39 Å². The number of aryl methyl sites for hydroxylation is 1. The maximum absolute atomic E-state index is 13.2. The van der Waals surface area contributed by atoms with E-state index in [4.69, 9.17) is 11.6 Å². The molecule has 6 nitrogen and oxygen atoms in total. The van der Waals surface area contributed by atoms with E-state index in [9.17, 15) is 14.0 Å². The summed E-state index contributed by atoms with van der Waals surface area (Å²) >= 11 is 5.76. The van der Waals surface area contributed by atoms with Crippen LogP contribution < -0.4 is 11.2 Å². The molecule has 22 heavy (non-hydrogen) atoms. The molecule has 0 amide bonds. The van der Waals surface area contributed by atoms with E-state index >= 15 is 0 Å². The second-order valence-electron chi connectivity index (χ2n) is 5.00. The van der Waals surface area contributed by atoms with Crippen molar-refractivity contribution in [1.82, 2.24) is 18.7 Å². The molecule has 0 bridgehead atoms. The Bertz CT molecular complexity index is 1000. The average Bonchev–Trinajstić information content (AvgIpc) is 2.90. The lowest BCUT2D eigenvalue weighted by Gasteiger charge is -2.07. The van der Waals surface area contributed by atoms with Crippen LogP contribution in [0.2, 0.25) is 5.02 Å². The summed E-state index contributed by atoms with van der Waals surface area (Å²) in [5.41, 5.74) is 0.476. The van der Waals surface area contributed by atoms with Gasteiger partial charge >= 0.3 is 5.69 Å². The molecule has 0 saturated carbocycles. The molecular formula is C14H12ClFN4O2. The molecule has 0 aliphatic heterocycles. The van der Waals surface area contributed by atoms with Crippen molar-refractivity contribution >= 4 is 22.8 Å². The molecule has 0 aliphatic rings. The standard InChI is InChI=1S/C14H12ClFN4O2/c1-18-12-11(13(21)19(2)14(18)22)20(7-17-12)6-8-3-4-10(16)9(15)5-8/h3-5,7H,6H2,1-2H3. The van der Waals surface area contributed by atoms with Crippen LogP contribution in [0.5, 0.6) is 0 Å². The van der Waals surface area contributed by atoms with Crippen LogP contribution in [0.3, 0.4) is 0 Å². The summed E-state index contributed by atoms with van der Waals surface area (Å²) in [6, 6.07) is 4.35. The summed E-state index contributed by atoms with van der Waals surface area (Å²) in [7, 11) is 2.96. The number of rotatable bonds is 2. The molecular weight excluding hydrogens is 311 g/mol. The van der Waals surface area contributed by atoms with Crippen molar-refractivity contribution in [3.05, 3.63) is 61.8 Å². The van der Waals surface area contributed by atoms with Gasteiger partial charge in [0, 0.05) is 20.6 Å². The zero-order chi connectivity index (χ0) is 16.0. The summed E-state index contributed by atoms with van der Waals surface area (Å²) in [4.78, 5) is 28.3. The number of nitrogens with zero attached hydrogens (tertiary/aromatic N) is 4. The summed E-state index contributed by atoms with van der Waals surface area (Å²) in [5, 5.41) is 0.0159. The number of fused-ring (bicyclic) bond motifs is 1. The van der Waals surface area contributed by atoms with E-state index in [0.717, 1.165) is 10.1 Å². The Morgan fingerprint density at radius 1 is 1.23 bits per heavy atom. The molecule has 2 aromatic heterocycles. The van der Waals surface area contributed by atoms with Crippen molar-refractivity contribution in [3.63, 3.8) is 0 Å². The van der Waals surface area contributed by atoms with Crippen LogP contribution in [0.15, 0.2) is 34.1 Å². The molecule has 2 heterocycles. The summed E-state index contributed by atoms with van der Waals surface area (Å²) in [5.74, 6) is -0.501. The predicted molar refractivity (Wildman–Crippen MR) is 80.7 cm³/mol. The van der Waals surface area contributed by atoms with Crippen LogP contribution in [-0.2, 0) is 20.6 Å². The molecule has 1 aromatic carbocycles. The Kier molecular flexibility index (Phi) is 3.37. The first kappa shape index (κ1) is 14.5. The van der Waals surface area contributed by atoms with Gasteiger partial charge in [0.1, 0.15) is 5.82 Å². The molecule has 0 atom stereocenters. The largest absolute Gasteiger partial charge is 0.332 e. The zero-order valence-corrected chi connectivity index (χ0v) is 12.6. The topological polar surface area (TPSA) is 61.8 Å².